The summed E-state index contributed by atoms with van der Waals surface area (Å²) in [6, 6.07) is 11.2. The summed E-state index contributed by atoms with van der Waals surface area (Å²) in [5.41, 5.74) is 4.26. The Morgan fingerprint density at radius 2 is 2.00 bits per heavy atom. The zero-order valence-electron chi connectivity index (χ0n) is 20.9. The molecule has 2 aromatic rings. The Bertz CT molecular complexity index is 1040. The summed E-state index contributed by atoms with van der Waals surface area (Å²) < 4.78 is 5.69. The fraction of sp³-hybridized carbons (Fsp3) is 0.448. The molecule has 2 atom stereocenters. The molecule has 1 fully saturated rings. The number of allylic oxidation sites excluding steroid dienone is 4. The maximum absolute atomic E-state index is 13.3. The Morgan fingerprint density at radius 1 is 1.21 bits per heavy atom. The second-order valence-electron chi connectivity index (χ2n) is 9.65. The predicted molar refractivity (Wildman–Crippen MR) is 138 cm³/mol. The van der Waals surface area contributed by atoms with Gasteiger partial charge in [-0.1, -0.05) is 61.1 Å². The Morgan fingerprint density at radius 3 is 2.68 bits per heavy atom. The van der Waals surface area contributed by atoms with Crippen LogP contribution < -0.4 is 4.90 Å². The molecule has 5 nitrogen and oxygen atoms in total. The largest absolute Gasteiger partial charge is 0.459 e. The van der Waals surface area contributed by atoms with Crippen LogP contribution in [-0.2, 0) is 11.3 Å². The second-order valence-corrected chi connectivity index (χ2v) is 9.65. The van der Waals surface area contributed by atoms with Crippen LogP contribution in [0.15, 0.2) is 60.8 Å². The van der Waals surface area contributed by atoms with E-state index < -0.39 is 0 Å². The number of hydrogen-bond acceptors (Lipinski definition) is 5. The third-order valence-corrected chi connectivity index (χ3v) is 6.78. The number of likely N-dealkylation sites (N-methyl/N-ethyl adjacent to an activating group) is 1. The van der Waals surface area contributed by atoms with E-state index in [4.69, 9.17) is 9.72 Å². The van der Waals surface area contributed by atoms with Crippen LogP contribution in [0.2, 0.25) is 0 Å². The van der Waals surface area contributed by atoms with Crippen molar-refractivity contribution in [2.45, 2.75) is 65.1 Å². The van der Waals surface area contributed by atoms with E-state index in [2.05, 4.69) is 72.2 Å². The van der Waals surface area contributed by atoms with Crippen molar-refractivity contribution in [1.82, 2.24) is 9.88 Å². The van der Waals surface area contributed by atoms with E-state index in [0.29, 0.717) is 11.6 Å². The van der Waals surface area contributed by atoms with Gasteiger partial charge in [0.2, 0.25) is 0 Å². The van der Waals surface area contributed by atoms with Crippen molar-refractivity contribution in [3.8, 4) is 0 Å². The highest BCUT2D eigenvalue weighted by Crippen LogP contribution is 2.34. The number of benzene rings is 1. The van der Waals surface area contributed by atoms with Gasteiger partial charge >= 0.3 is 5.97 Å². The summed E-state index contributed by atoms with van der Waals surface area (Å²) >= 11 is 0. The average Bonchev–Trinajstić information content (AvgIpc) is 3.33. The number of pyridine rings is 1. The van der Waals surface area contributed by atoms with Crippen LogP contribution in [0.3, 0.4) is 0 Å². The van der Waals surface area contributed by atoms with Crippen molar-refractivity contribution in [2.75, 3.05) is 24.5 Å². The summed E-state index contributed by atoms with van der Waals surface area (Å²) in [7, 11) is 0. The third kappa shape index (κ3) is 5.58. The number of nitrogens with zero attached hydrogens (tertiary/aromatic N) is 3. The molecule has 180 valence electrons. The SMILES string of the molecule is CCN(Cc1ccc(C)cc1)[C@@H]1CCN(c2nccc(C3C=CC=CC3)c2C(=O)OC(C)C)C1. The first-order valence-electron chi connectivity index (χ1n) is 12.5. The lowest BCUT2D eigenvalue weighted by molar-refractivity contribution is 0.0376. The van der Waals surface area contributed by atoms with Crippen LogP contribution in [0.4, 0.5) is 5.82 Å². The number of anilines is 1. The molecule has 5 heteroatoms. The molecule has 0 saturated carbocycles. The van der Waals surface area contributed by atoms with E-state index in [0.717, 1.165) is 50.4 Å². The molecule has 1 aliphatic carbocycles. The molecule has 0 bridgehead atoms. The standard InChI is InChI=1S/C29H37N3O2/c1-5-31(19-23-13-11-22(4)12-14-23)25-16-18-32(20-25)28-27(29(33)34-21(2)3)26(15-17-30-28)24-9-7-6-8-10-24/h6-9,11-15,17,21,24-25H,5,10,16,18-20H2,1-4H3/t24?,25-/m1/s1. The topological polar surface area (TPSA) is 45.7 Å². The molecule has 1 aliphatic heterocycles. The first kappa shape index (κ1) is 24.2. The summed E-state index contributed by atoms with van der Waals surface area (Å²) in [5.74, 6) is 0.653. The minimum Gasteiger partial charge on any atom is -0.459 e. The van der Waals surface area contributed by atoms with Gasteiger partial charge in [0.15, 0.2) is 0 Å². The Hall–Kier alpha value is -2.92. The van der Waals surface area contributed by atoms with E-state index in [-0.39, 0.29) is 18.0 Å². The quantitative estimate of drug-likeness (QED) is 0.477. The van der Waals surface area contributed by atoms with Crippen LogP contribution >= 0.6 is 0 Å². The number of hydrogen-bond donors (Lipinski definition) is 0. The lowest BCUT2D eigenvalue weighted by Crippen LogP contribution is -2.37. The summed E-state index contributed by atoms with van der Waals surface area (Å²) in [4.78, 5) is 22.8. The first-order valence-corrected chi connectivity index (χ1v) is 12.5. The second kappa shape index (κ2) is 11.0. The van der Waals surface area contributed by atoms with Gasteiger partial charge < -0.3 is 9.64 Å². The number of carbonyl (C=O) groups is 1. The number of esters is 1. The first-order chi connectivity index (χ1) is 16.5. The average molecular weight is 460 g/mol. The molecule has 1 unspecified atom stereocenters. The minimum absolute atomic E-state index is 0.161. The van der Waals surface area contributed by atoms with E-state index in [1.54, 1.807) is 0 Å². The number of ether oxygens (including phenoxy) is 1. The van der Waals surface area contributed by atoms with Gasteiger partial charge in [0.05, 0.1) is 6.10 Å². The lowest BCUT2D eigenvalue weighted by atomic mass is 9.89. The molecular formula is C29H37N3O2. The van der Waals surface area contributed by atoms with Gasteiger partial charge in [0.25, 0.3) is 0 Å². The van der Waals surface area contributed by atoms with Gasteiger partial charge in [0.1, 0.15) is 11.4 Å². The Kier molecular flexibility index (Phi) is 7.84. The molecule has 2 aliphatic rings. The molecule has 1 saturated heterocycles. The van der Waals surface area contributed by atoms with Gasteiger partial charge in [-0.3, -0.25) is 4.90 Å². The number of rotatable bonds is 8. The van der Waals surface area contributed by atoms with E-state index in [1.165, 1.54) is 11.1 Å². The molecular weight excluding hydrogens is 422 g/mol. The van der Waals surface area contributed by atoms with Crippen LogP contribution in [0.1, 0.15) is 66.6 Å². The highest BCUT2D eigenvalue weighted by molar-refractivity contribution is 5.97. The van der Waals surface area contributed by atoms with Gasteiger partial charge in [-0.05, 0) is 57.4 Å². The fourth-order valence-electron chi connectivity index (χ4n) is 4.97. The number of aryl methyl sites for hydroxylation is 1. The summed E-state index contributed by atoms with van der Waals surface area (Å²) in [5, 5.41) is 0. The van der Waals surface area contributed by atoms with Gasteiger partial charge in [-0.2, -0.15) is 0 Å². The van der Waals surface area contributed by atoms with Crippen molar-refractivity contribution < 1.29 is 9.53 Å². The third-order valence-electron chi connectivity index (χ3n) is 6.78. The van der Waals surface area contributed by atoms with E-state index in [9.17, 15) is 4.79 Å². The van der Waals surface area contributed by atoms with Gasteiger partial charge in [-0.25, -0.2) is 9.78 Å². The van der Waals surface area contributed by atoms with Gasteiger partial charge in [0, 0.05) is 37.8 Å². The molecule has 1 aromatic carbocycles. The highest BCUT2D eigenvalue weighted by atomic mass is 16.5. The zero-order valence-corrected chi connectivity index (χ0v) is 20.9. The van der Waals surface area contributed by atoms with Crippen LogP contribution in [0, 0.1) is 6.92 Å². The van der Waals surface area contributed by atoms with Crippen molar-refractivity contribution in [3.63, 3.8) is 0 Å². The fourth-order valence-corrected chi connectivity index (χ4v) is 4.97. The van der Waals surface area contributed by atoms with Crippen LogP contribution in [0.25, 0.3) is 0 Å². The molecule has 2 heterocycles. The minimum atomic E-state index is -0.272. The molecule has 0 radical (unpaired) electrons. The van der Waals surface area contributed by atoms with Crippen molar-refractivity contribution in [3.05, 3.63) is 83.1 Å². The predicted octanol–water partition coefficient (Wildman–Crippen LogP) is 5.66. The molecule has 0 amide bonds. The van der Waals surface area contributed by atoms with Crippen LogP contribution in [-0.4, -0.2) is 47.6 Å². The highest BCUT2D eigenvalue weighted by Gasteiger charge is 2.32. The smallest absolute Gasteiger partial charge is 0.342 e. The normalized spacial score (nSPS) is 19.9. The van der Waals surface area contributed by atoms with Gasteiger partial charge in [-0.15, -0.1) is 0 Å². The monoisotopic (exact) mass is 459 g/mol. The summed E-state index contributed by atoms with van der Waals surface area (Å²) in [6.45, 7) is 11.8. The van der Waals surface area contributed by atoms with Crippen LogP contribution in [0.5, 0.6) is 0 Å². The number of aromatic nitrogens is 1. The molecule has 4 rings (SSSR count). The molecule has 0 N–H and O–H groups in total. The molecule has 0 spiro atoms. The van der Waals surface area contributed by atoms with E-state index in [1.807, 2.05) is 26.1 Å². The Balaban J connectivity index is 1.58. The van der Waals surface area contributed by atoms with E-state index >= 15 is 0 Å². The Labute approximate surface area is 204 Å². The summed E-state index contributed by atoms with van der Waals surface area (Å²) in [6.07, 6.45) is 12.0. The van der Waals surface area contributed by atoms with Crippen molar-refractivity contribution in [1.29, 1.82) is 0 Å². The zero-order chi connectivity index (χ0) is 24.1. The van der Waals surface area contributed by atoms with Crippen molar-refractivity contribution in [2.24, 2.45) is 0 Å². The number of carbonyl (C=O) groups excluding carboxylic acids is 1. The molecule has 1 aromatic heterocycles. The maximum atomic E-state index is 13.3. The lowest BCUT2D eigenvalue weighted by Gasteiger charge is -2.29. The molecule has 34 heavy (non-hydrogen) atoms. The van der Waals surface area contributed by atoms with Crippen molar-refractivity contribution >= 4 is 11.8 Å². The maximum Gasteiger partial charge on any atom is 0.342 e.